The minimum Gasteiger partial charge on any atom is -0.389 e. The smallest absolute Gasteiger partial charge is 0.0765 e. The van der Waals surface area contributed by atoms with Crippen molar-refractivity contribution in [2.45, 2.75) is 77.2 Å². The Kier molecular flexibility index (Phi) is 12.8. The largest absolute Gasteiger partial charge is 0.389 e. The monoisotopic (exact) mass is 273 g/mol. The van der Waals surface area contributed by atoms with Crippen LogP contribution in [0.2, 0.25) is 0 Å². The van der Waals surface area contributed by atoms with Crippen LogP contribution in [0, 0.1) is 0 Å². The van der Waals surface area contributed by atoms with Crippen LogP contribution in [0.4, 0.5) is 0 Å². The first-order chi connectivity index (χ1) is 9.12. The van der Waals surface area contributed by atoms with Crippen LogP contribution < -0.4 is 5.32 Å². The van der Waals surface area contributed by atoms with Crippen molar-refractivity contribution < 1.29 is 9.84 Å². The molecule has 0 spiro atoms. The minimum absolute atomic E-state index is 0.617. The first-order valence-corrected chi connectivity index (χ1v) is 8.04. The van der Waals surface area contributed by atoms with Gasteiger partial charge in [-0.15, -0.1) is 0 Å². The van der Waals surface area contributed by atoms with Gasteiger partial charge in [-0.05, 0) is 19.9 Å². The van der Waals surface area contributed by atoms with Crippen LogP contribution in [-0.2, 0) is 4.74 Å². The van der Waals surface area contributed by atoms with Crippen molar-refractivity contribution in [1.82, 2.24) is 5.32 Å². The predicted octanol–water partition coefficient (Wildman–Crippen LogP) is 3.50. The summed E-state index contributed by atoms with van der Waals surface area (Å²) in [6.45, 7) is 6.41. The van der Waals surface area contributed by atoms with Gasteiger partial charge in [0.2, 0.25) is 0 Å². The van der Waals surface area contributed by atoms with Crippen LogP contribution in [0.15, 0.2) is 0 Å². The summed E-state index contributed by atoms with van der Waals surface area (Å²) in [7, 11) is 1.67. The maximum atomic E-state index is 10.0. The van der Waals surface area contributed by atoms with E-state index in [1.807, 2.05) is 6.92 Å². The van der Waals surface area contributed by atoms with E-state index in [9.17, 15) is 5.11 Å². The molecule has 0 radical (unpaired) electrons. The minimum atomic E-state index is -0.643. The molecule has 0 saturated heterocycles. The fraction of sp³-hybridized carbons (Fsp3) is 1.00. The van der Waals surface area contributed by atoms with Gasteiger partial charge in [0.25, 0.3) is 0 Å². The summed E-state index contributed by atoms with van der Waals surface area (Å²) in [6, 6.07) is 0. The van der Waals surface area contributed by atoms with Crippen LogP contribution in [0.3, 0.4) is 0 Å². The van der Waals surface area contributed by atoms with Crippen LogP contribution in [0.5, 0.6) is 0 Å². The summed E-state index contributed by atoms with van der Waals surface area (Å²) >= 11 is 0. The van der Waals surface area contributed by atoms with Crippen molar-refractivity contribution in [3.8, 4) is 0 Å². The molecule has 0 aliphatic rings. The van der Waals surface area contributed by atoms with Gasteiger partial charge >= 0.3 is 0 Å². The van der Waals surface area contributed by atoms with Gasteiger partial charge in [-0.1, -0.05) is 51.9 Å². The molecule has 3 heteroatoms. The highest BCUT2D eigenvalue weighted by molar-refractivity contribution is 4.74. The maximum absolute atomic E-state index is 10.0. The number of rotatable bonds is 14. The number of nitrogens with one attached hydrogen (secondary N) is 1. The van der Waals surface area contributed by atoms with Gasteiger partial charge in [0.15, 0.2) is 0 Å². The third-order valence-corrected chi connectivity index (χ3v) is 3.56. The lowest BCUT2D eigenvalue weighted by molar-refractivity contribution is 0.0251. The molecule has 0 bridgehead atoms. The number of ether oxygens (including phenoxy) is 1. The van der Waals surface area contributed by atoms with E-state index in [0.717, 1.165) is 6.54 Å². The molecule has 0 saturated carbocycles. The van der Waals surface area contributed by atoms with E-state index in [4.69, 9.17) is 4.74 Å². The molecule has 3 nitrogen and oxygen atoms in total. The Labute approximate surface area is 120 Å². The standard InChI is InChI=1S/C16H35NO2/c1-4-5-6-7-8-9-10-11-13-17-15-16(2,18)12-14-19-3/h17-18H,4-15H2,1-3H3. The molecule has 19 heavy (non-hydrogen) atoms. The molecule has 1 unspecified atom stereocenters. The van der Waals surface area contributed by atoms with Crippen molar-refractivity contribution in [3.63, 3.8) is 0 Å². The van der Waals surface area contributed by atoms with E-state index >= 15 is 0 Å². The maximum Gasteiger partial charge on any atom is 0.0765 e. The Morgan fingerprint density at radius 1 is 1.00 bits per heavy atom. The average molecular weight is 273 g/mol. The topological polar surface area (TPSA) is 41.5 Å². The van der Waals surface area contributed by atoms with E-state index < -0.39 is 5.60 Å². The van der Waals surface area contributed by atoms with Crippen molar-refractivity contribution >= 4 is 0 Å². The number of hydrogen-bond acceptors (Lipinski definition) is 3. The molecular formula is C16H35NO2. The zero-order valence-corrected chi connectivity index (χ0v) is 13.3. The highest BCUT2D eigenvalue weighted by Crippen LogP contribution is 2.09. The lowest BCUT2D eigenvalue weighted by atomic mass is 10.0. The van der Waals surface area contributed by atoms with Crippen molar-refractivity contribution in [2.75, 3.05) is 26.8 Å². The summed E-state index contributed by atoms with van der Waals surface area (Å²) in [6.07, 6.45) is 11.5. The second kappa shape index (κ2) is 12.9. The van der Waals surface area contributed by atoms with Crippen molar-refractivity contribution in [1.29, 1.82) is 0 Å². The van der Waals surface area contributed by atoms with E-state index in [-0.39, 0.29) is 0 Å². The molecule has 1 atom stereocenters. The molecule has 0 rings (SSSR count). The molecule has 0 aromatic carbocycles. The molecule has 116 valence electrons. The Balaban J connectivity index is 3.21. The molecule has 0 aromatic rings. The zero-order chi connectivity index (χ0) is 14.4. The fourth-order valence-electron chi connectivity index (χ4n) is 2.15. The van der Waals surface area contributed by atoms with Gasteiger partial charge in [0.05, 0.1) is 5.60 Å². The summed E-state index contributed by atoms with van der Waals surface area (Å²) < 4.78 is 4.99. The van der Waals surface area contributed by atoms with Gasteiger partial charge in [0, 0.05) is 26.7 Å². The third-order valence-electron chi connectivity index (χ3n) is 3.56. The highest BCUT2D eigenvalue weighted by atomic mass is 16.5. The fourth-order valence-corrected chi connectivity index (χ4v) is 2.15. The first kappa shape index (κ1) is 18.9. The SMILES string of the molecule is CCCCCCCCCCNCC(C)(O)CCOC. The molecule has 0 aromatic heterocycles. The second-order valence-electron chi connectivity index (χ2n) is 5.89. The van der Waals surface area contributed by atoms with Gasteiger partial charge in [-0.2, -0.15) is 0 Å². The lowest BCUT2D eigenvalue weighted by Gasteiger charge is -2.23. The molecule has 0 amide bonds. The normalized spacial score (nSPS) is 14.5. The van der Waals surface area contributed by atoms with E-state index in [1.54, 1.807) is 7.11 Å². The number of methoxy groups -OCH3 is 1. The second-order valence-corrected chi connectivity index (χ2v) is 5.89. The lowest BCUT2D eigenvalue weighted by Crippen LogP contribution is -2.39. The average Bonchev–Trinajstić information content (AvgIpc) is 2.38. The van der Waals surface area contributed by atoms with Gasteiger partial charge < -0.3 is 15.2 Å². The third kappa shape index (κ3) is 14.1. The van der Waals surface area contributed by atoms with E-state index in [1.165, 1.54) is 51.4 Å². The summed E-state index contributed by atoms with van der Waals surface area (Å²) in [4.78, 5) is 0. The van der Waals surface area contributed by atoms with Crippen LogP contribution >= 0.6 is 0 Å². The number of hydrogen-bond donors (Lipinski definition) is 2. The number of unbranched alkanes of at least 4 members (excludes halogenated alkanes) is 7. The Morgan fingerprint density at radius 2 is 1.58 bits per heavy atom. The summed E-state index contributed by atoms with van der Waals surface area (Å²) in [5.41, 5.74) is -0.643. The van der Waals surface area contributed by atoms with Gasteiger partial charge in [-0.3, -0.25) is 0 Å². The van der Waals surface area contributed by atoms with Crippen molar-refractivity contribution in [2.24, 2.45) is 0 Å². The quantitative estimate of drug-likeness (QED) is 0.476. The Morgan fingerprint density at radius 3 is 2.16 bits per heavy atom. The zero-order valence-electron chi connectivity index (χ0n) is 13.3. The van der Waals surface area contributed by atoms with E-state index in [0.29, 0.717) is 19.6 Å². The highest BCUT2D eigenvalue weighted by Gasteiger charge is 2.18. The van der Waals surface area contributed by atoms with Crippen LogP contribution in [0.1, 0.15) is 71.6 Å². The molecule has 0 fully saturated rings. The predicted molar refractivity (Wildman–Crippen MR) is 82.6 cm³/mol. The Hall–Kier alpha value is -0.120. The first-order valence-electron chi connectivity index (χ1n) is 8.04. The summed E-state index contributed by atoms with van der Waals surface area (Å²) in [5, 5.41) is 13.4. The van der Waals surface area contributed by atoms with Gasteiger partial charge in [0.1, 0.15) is 0 Å². The number of aliphatic hydroxyl groups is 1. The van der Waals surface area contributed by atoms with Crippen molar-refractivity contribution in [3.05, 3.63) is 0 Å². The summed E-state index contributed by atoms with van der Waals surface area (Å²) in [5.74, 6) is 0. The van der Waals surface area contributed by atoms with Crippen LogP contribution in [0.25, 0.3) is 0 Å². The van der Waals surface area contributed by atoms with E-state index in [2.05, 4.69) is 12.2 Å². The van der Waals surface area contributed by atoms with Crippen LogP contribution in [-0.4, -0.2) is 37.5 Å². The molecule has 0 aliphatic heterocycles. The molecule has 0 aliphatic carbocycles. The molecule has 2 N–H and O–H groups in total. The Bertz CT molecular complexity index is 184. The molecule has 0 heterocycles. The molecular weight excluding hydrogens is 238 g/mol. The van der Waals surface area contributed by atoms with Gasteiger partial charge in [-0.25, -0.2) is 0 Å².